The molecule has 0 aliphatic carbocycles. The Kier molecular flexibility index (Phi) is 6.31. The average Bonchev–Trinajstić information content (AvgIpc) is 3.21. The summed E-state index contributed by atoms with van der Waals surface area (Å²) in [6, 6.07) is 21.7. The smallest absolute Gasteiger partial charge is 0.255 e. The molecule has 3 aromatic rings. The predicted molar refractivity (Wildman–Crippen MR) is 125 cm³/mol. The lowest BCUT2D eigenvalue weighted by Crippen LogP contribution is -2.23. The van der Waals surface area contributed by atoms with Gasteiger partial charge in [0.15, 0.2) is 0 Å². The van der Waals surface area contributed by atoms with Crippen LogP contribution in [0.3, 0.4) is 0 Å². The zero-order valence-electron chi connectivity index (χ0n) is 17.9. The van der Waals surface area contributed by atoms with Crippen molar-refractivity contribution in [3.63, 3.8) is 0 Å². The molecule has 0 radical (unpaired) electrons. The highest BCUT2D eigenvalue weighted by Gasteiger charge is 2.20. The zero-order chi connectivity index (χ0) is 22.5. The first-order valence-corrected chi connectivity index (χ1v) is 10.7. The molecule has 3 amide bonds. The fourth-order valence-electron chi connectivity index (χ4n) is 3.74. The molecule has 1 aliphatic heterocycles. The number of rotatable bonds is 6. The third-order valence-corrected chi connectivity index (χ3v) is 5.63. The van der Waals surface area contributed by atoms with Crippen molar-refractivity contribution in [2.24, 2.45) is 0 Å². The number of nitrogens with one attached hydrogen (secondary N) is 2. The molecule has 0 atom stereocenters. The molecule has 4 rings (SSSR count). The Morgan fingerprint density at radius 2 is 1.41 bits per heavy atom. The molecular weight excluding hydrogens is 402 g/mol. The van der Waals surface area contributed by atoms with Crippen LogP contribution in [0.1, 0.15) is 44.7 Å². The summed E-state index contributed by atoms with van der Waals surface area (Å²) >= 11 is 0. The van der Waals surface area contributed by atoms with Crippen LogP contribution in [0.15, 0.2) is 72.8 Å². The van der Waals surface area contributed by atoms with Crippen molar-refractivity contribution in [3.8, 4) is 0 Å². The van der Waals surface area contributed by atoms with E-state index in [1.807, 2.05) is 42.2 Å². The molecule has 0 aromatic heterocycles. The monoisotopic (exact) mass is 427 g/mol. The molecule has 0 spiro atoms. The van der Waals surface area contributed by atoms with E-state index in [2.05, 4.69) is 10.6 Å². The molecule has 1 fully saturated rings. The summed E-state index contributed by atoms with van der Waals surface area (Å²) < 4.78 is 0. The number of hydrogen-bond acceptors (Lipinski definition) is 3. The van der Waals surface area contributed by atoms with E-state index < -0.39 is 0 Å². The van der Waals surface area contributed by atoms with Crippen molar-refractivity contribution in [2.75, 3.05) is 17.2 Å². The minimum atomic E-state index is -0.233. The van der Waals surface area contributed by atoms with Gasteiger partial charge < -0.3 is 15.5 Å². The Morgan fingerprint density at radius 1 is 0.812 bits per heavy atom. The van der Waals surface area contributed by atoms with E-state index in [-0.39, 0.29) is 17.7 Å². The highest BCUT2D eigenvalue weighted by atomic mass is 16.2. The van der Waals surface area contributed by atoms with Crippen molar-refractivity contribution in [1.82, 2.24) is 4.90 Å². The van der Waals surface area contributed by atoms with E-state index in [1.165, 1.54) is 0 Å². The summed E-state index contributed by atoms with van der Waals surface area (Å²) in [4.78, 5) is 38.9. The Bertz CT molecular complexity index is 1140. The van der Waals surface area contributed by atoms with Gasteiger partial charge in [0, 0.05) is 42.0 Å². The molecule has 162 valence electrons. The van der Waals surface area contributed by atoms with E-state index in [9.17, 15) is 14.4 Å². The molecule has 2 N–H and O–H groups in total. The van der Waals surface area contributed by atoms with Gasteiger partial charge in [-0.1, -0.05) is 36.4 Å². The lowest BCUT2D eigenvalue weighted by atomic mass is 10.1. The molecule has 32 heavy (non-hydrogen) atoms. The standard InChI is InChI=1S/C26H25N3O3/c1-18-22(27-25(31)20-7-3-2-4-8-20)9-5-10-23(18)28-26(32)21-14-12-19(13-15-21)17-29-16-6-11-24(29)30/h2-5,7-10,12-15H,6,11,16-17H2,1H3,(H,27,31)(H,28,32). The number of hydrogen-bond donors (Lipinski definition) is 2. The molecule has 3 aromatic carbocycles. The molecular formula is C26H25N3O3. The predicted octanol–water partition coefficient (Wildman–Crippen LogP) is 4.62. The Morgan fingerprint density at radius 3 is 1.97 bits per heavy atom. The Balaban J connectivity index is 1.42. The topological polar surface area (TPSA) is 78.5 Å². The van der Waals surface area contributed by atoms with Gasteiger partial charge >= 0.3 is 0 Å². The van der Waals surface area contributed by atoms with Crippen LogP contribution in [-0.2, 0) is 11.3 Å². The lowest BCUT2D eigenvalue weighted by molar-refractivity contribution is -0.128. The number of carbonyl (C=O) groups is 3. The van der Waals surface area contributed by atoms with Crippen LogP contribution >= 0.6 is 0 Å². The molecule has 0 bridgehead atoms. The van der Waals surface area contributed by atoms with Gasteiger partial charge in [0.05, 0.1) is 0 Å². The van der Waals surface area contributed by atoms with Gasteiger partial charge in [-0.15, -0.1) is 0 Å². The van der Waals surface area contributed by atoms with E-state index >= 15 is 0 Å². The maximum Gasteiger partial charge on any atom is 0.255 e. The van der Waals surface area contributed by atoms with Crippen LogP contribution in [0.4, 0.5) is 11.4 Å². The van der Waals surface area contributed by atoms with Crippen molar-refractivity contribution < 1.29 is 14.4 Å². The second-order valence-electron chi connectivity index (χ2n) is 7.87. The maximum absolute atomic E-state index is 12.8. The lowest BCUT2D eigenvalue weighted by Gasteiger charge is -2.16. The first-order valence-electron chi connectivity index (χ1n) is 10.7. The summed E-state index contributed by atoms with van der Waals surface area (Å²) in [6.07, 6.45) is 1.52. The van der Waals surface area contributed by atoms with Crippen LogP contribution in [0, 0.1) is 6.92 Å². The number of likely N-dealkylation sites (tertiary alicyclic amines) is 1. The molecule has 1 aliphatic rings. The molecule has 6 heteroatoms. The number of nitrogens with zero attached hydrogens (tertiary/aromatic N) is 1. The summed E-state index contributed by atoms with van der Waals surface area (Å²) in [7, 11) is 0. The summed E-state index contributed by atoms with van der Waals surface area (Å²) in [5.41, 5.74) is 4.14. The summed E-state index contributed by atoms with van der Waals surface area (Å²) in [6.45, 7) is 3.22. The van der Waals surface area contributed by atoms with Crippen molar-refractivity contribution >= 4 is 29.1 Å². The Hall–Kier alpha value is -3.93. The highest BCUT2D eigenvalue weighted by Crippen LogP contribution is 2.25. The highest BCUT2D eigenvalue weighted by molar-refractivity contribution is 6.07. The minimum Gasteiger partial charge on any atom is -0.338 e. The van der Waals surface area contributed by atoms with Crippen LogP contribution in [0.5, 0.6) is 0 Å². The number of benzene rings is 3. The van der Waals surface area contributed by atoms with Crippen molar-refractivity contribution in [3.05, 3.63) is 95.1 Å². The van der Waals surface area contributed by atoms with Gasteiger partial charge in [0.2, 0.25) is 5.91 Å². The second-order valence-corrected chi connectivity index (χ2v) is 7.87. The van der Waals surface area contributed by atoms with Gasteiger partial charge in [-0.3, -0.25) is 14.4 Å². The van der Waals surface area contributed by atoms with Crippen molar-refractivity contribution in [2.45, 2.75) is 26.3 Å². The molecule has 6 nitrogen and oxygen atoms in total. The third-order valence-electron chi connectivity index (χ3n) is 5.63. The second kappa shape index (κ2) is 9.47. The van der Waals surface area contributed by atoms with Crippen LogP contribution in [-0.4, -0.2) is 29.2 Å². The third kappa shape index (κ3) is 4.86. The van der Waals surface area contributed by atoms with Gasteiger partial charge in [-0.05, 0) is 60.9 Å². The average molecular weight is 428 g/mol. The van der Waals surface area contributed by atoms with E-state index in [0.717, 1.165) is 24.1 Å². The quantitative estimate of drug-likeness (QED) is 0.602. The Labute approximate surface area is 187 Å². The molecule has 0 unspecified atom stereocenters. The molecule has 0 saturated carbocycles. The first-order chi connectivity index (χ1) is 15.5. The van der Waals surface area contributed by atoms with E-state index in [4.69, 9.17) is 0 Å². The van der Waals surface area contributed by atoms with Gasteiger partial charge in [0.25, 0.3) is 11.8 Å². The fraction of sp³-hybridized carbons (Fsp3) is 0.192. The number of amides is 3. The van der Waals surface area contributed by atoms with Gasteiger partial charge in [-0.2, -0.15) is 0 Å². The summed E-state index contributed by atoms with van der Waals surface area (Å²) in [5, 5.41) is 5.83. The molecule has 1 saturated heterocycles. The summed E-state index contributed by atoms with van der Waals surface area (Å²) in [5.74, 6) is -0.255. The maximum atomic E-state index is 12.8. The zero-order valence-corrected chi connectivity index (χ0v) is 17.9. The first kappa shape index (κ1) is 21.3. The van der Waals surface area contributed by atoms with E-state index in [1.54, 1.807) is 42.5 Å². The van der Waals surface area contributed by atoms with Crippen LogP contribution < -0.4 is 10.6 Å². The fourth-order valence-corrected chi connectivity index (χ4v) is 3.74. The number of anilines is 2. The van der Waals surface area contributed by atoms with Crippen LogP contribution in [0.25, 0.3) is 0 Å². The van der Waals surface area contributed by atoms with Gasteiger partial charge in [0.1, 0.15) is 0 Å². The van der Waals surface area contributed by atoms with Crippen molar-refractivity contribution in [1.29, 1.82) is 0 Å². The van der Waals surface area contributed by atoms with Crippen LogP contribution in [0.2, 0.25) is 0 Å². The van der Waals surface area contributed by atoms with E-state index in [0.29, 0.717) is 35.5 Å². The van der Waals surface area contributed by atoms with Gasteiger partial charge in [-0.25, -0.2) is 0 Å². The number of carbonyl (C=O) groups excluding carboxylic acids is 3. The normalized spacial score (nSPS) is 13.2. The molecule has 1 heterocycles. The minimum absolute atomic E-state index is 0.182. The SMILES string of the molecule is Cc1c(NC(=O)c2ccccc2)cccc1NC(=O)c1ccc(CN2CCCC2=O)cc1. The largest absolute Gasteiger partial charge is 0.338 e.